The average Bonchev–Trinajstić information content (AvgIpc) is 2.55. The number of ether oxygens (including phenoxy) is 2. The molecule has 0 aromatic carbocycles. The molecule has 2 saturated heterocycles. The summed E-state index contributed by atoms with van der Waals surface area (Å²) < 4.78 is 11.3. The van der Waals surface area contributed by atoms with Gasteiger partial charge in [-0.15, -0.1) is 0 Å². The van der Waals surface area contributed by atoms with Crippen molar-refractivity contribution in [2.45, 2.75) is 44.6 Å². The lowest BCUT2D eigenvalue weighted by molar-refractivity contribution is -0.141. The van der Waals surface area contributed by atoms with E-state index in [1.165, 1.54) is 12.8 Å². The molecule has 3 heteroatoms. The van der Waals surface area contributed by atoms with Crippen LogP contribution in [-0.2, 0) is 9.47 Å². The molecule has 2 fully saturated rings. The minimum absolute atomic E-state index is 0.266. The number of hydrogen-bond donors (Lipinski definition) is 1. The van der Waals surface area contributed by atoms with Crippen molar-refractivity contribution in [3.8, 4) is 0 Å². The minimum atomic E-state index is -0.366. The Kier molecular flexibility index (Phi) is 2.10. The number of rotatable bonds is 1. The largest absolute Gasteiger partial charge is 0.348 e. The molecule has 2 aliphatic rings. The van der Waals surface area contributed by atoms with Gasteiger partial charge in [-0.3, -0.25) is 0 Å². The molecule has 0 bridgehead atoms. The van der Waals surface area contributed by atoms with Crippen molar-refractivity contribution in [2.24, 2.45) is 0 Å². The first-order chi connectivity index (χ1) is 5.67. The molecule has 0 radical (unpaired) electrons. The van der Waals surface area contributed by atoms with E-state index in [-0.39, 0.29) is 11.9 Å². The Hall–Kier alpha value is -0.120. The Morgan fingerprint density at radius 2 is 2.25 bits per heavy atom. The molecule has 2 heterocycles. The maximum atomic E-state index is 5.75. The molecule has 2 aliphatic heterocycles. The van der Waals surface area contributed by atoms with Gasteiger partial charge in [0.2, 0.25) is 0 Å². The van der Waals surface area contributed by atoms with E-state index >= 15 is 0 Å². The van der Waals surface area contributed by atoms with Crippen LogP contribution in [0, 0.1) is 0 Å². The Morgan fingerprint density at radius 3 is 2.75 bits per heavy atom. The molecular weight excluding hydrogens is 154 g/mol. The highest BCUT2D eigenvalue weighted by atomic mass is 16.7. The van der Waals surface area contributed by atoms with Crippen LogP contribution >= 0.6 is 0 Å². The molecule has 1 N–H and O–H groups in total. The van der Waals surface area contributed by atoms with Crippen LogP contribution in [-0.4, -0.2) is 31.1 Å². The molecular formula is C9H17NO2. The van der Waals surface area contributed by atoms with Crippen LogP contribution in [0.1, 0.15) is 26.7 Å². The van der Waals surface area contributed by atoms with Crippen molar-refractivity contribution in [3.05, 3.63) is 0 Å². The van der Waals surface area contributed by atoms with Crippen molar-refractivity contribution in [2.75, 3.05) is 13.2 Å². The summed E-state index contributed by atoms with van der Waals surface area (Å²) in [6, 6.07) is 0.520. The second kappa shape index (κ2) is 2.98. The molecule has 70 valence electrons. The van der Waals surface area contributed by atoms with Gasteiger partial charge in [0, 0.05) is 6.04 Å². The molecule has 12 heavy (non-hydrogen) atoms. The van der Waals surface area contributed by atoms with Crippen LogP contribution in [0.15, 0.2) is 0 Å². The van der Waals surface area contributed by atoms with Gasteiger partial charge in [0.25, 0.3) is 0 Å². The predicted molar refractivity (Wildman–Crippen MR) is 45.9 cm³/mol. The Bertz CT molecular complexity index is 164. The summed E-state index contributed by atoms with van der Waals surface area (Å²) in [4.78, 5) is 0. The van der Waals surface area contributed by atoms with Crippen LogP contribution < -0.4 is 5.32 Å². The third-order valence-electron chi connectivity index (χ3n) is 2.58. The van der Waals surface area contributed by atoms with Crippen molar-refractivity contribution < 1.29 is 9.47 Å². The molecule has 0 saturated carbocycles. The third-order valence-corrected chi connectivity index (χ3v) is 2.58. The number of nitrogens with one attached hydrogen (secondary N) is 1. The first-order valence-corrected chi connectivity index (χ1v) is 4.72. The minimum Gasteiger partial charge on any atom is -0.348 e. The zero-order chi connectivity index (χ0) is 8.60. The highest BCUT2D eigenvalue weighted by Gasteiger charge is 2.37. The van der Waals surface area contributed by atoms with Crippen molar-refractivity contribution >= 4 is 0 Å². The van der Waals surface area contributed by atoms with E-state index in [1.807, 2.05) is 13.8 Å². The van der Waals surface area contributed by atoms with Crippen LogP contribution in [0.25, 0.3) is 0 Å². The van der Waals surface area contributed by atoms with Crippen LogP contribution in [0.4, 0.5) is 0 Å². The van der Waals surface area contributed by atoms with Gasteiger partial charge < -0.3 is 14.8 Å². The van der Waals surface area contributed by atoms with Crippen LogP contribution in [0.5, 0.6) is 0 Å². The molecule has 0 amide bonds. The van der Waals surface area contributed by atoms with E-state index < -0.39 is 0 Å². The Balaban J connectivity index is 1.90. The van der Waals surface area contributed by atoms with E-state index in [1.54, 1.807) is 0 Å². The normalized spacial score (nSPS) is 40.5. The lowest BCUT2D eigenvalue weighted by Gasteiger charge is -2.20. The van der Waals surface area contributed by atoms with Crippen LogP contribution in [0.3, 0.4) is 0 Å². The summed E-state index contributed by atoms with van der Waals surface area (Å²) >= 11 is 0. The Labute approximate surface area is 73.4 Å². The van der Waals surface area contributed by atoms with Gasteiger partial charge in [-0.25, -0.2) is 0 Å². The molecule has 2 rings (SSSR count). The maximum absolute atomic E-state index is 5.75. The van der Waals surface area contributed by atoms with Gasteiger partial charge in [-0.2, -0.15) is 0 Å². The fourth-order valence-corrected chi connectivity index (χ4v) is 1.94. The second-order valence-electron chi connectivity index (χ2n) is 4.07. The van der Waals surface area contributed by atoms with E-state index in [4.69, 9.17) is 9.47 Å². The van der Waals surface area contributed by atoms with Gasteiger partial charge in [0.1, 0.15) is 0 Å². The van der Waals surface area contributed by atoms with Gasteiger partial charge in [0.05, 0.1) is 12.7 Å². The third kappa shape index (κ3) is 1.63. The van der Waals surface area contributed by atoms with E-state index in [2.05, 4.69) is 5.32 Å². The SMILES string of the molecule is CC1(C)OC[C@H]([C@@H]2CCCN2)O1. The van der Waals surface area contributed by atoms with Crippen molar-refractivity contribution in [1.29, 1.82) is 0 Å². The highest BCUT2D eigenvalue weighted by Crippen LogP contribution is 2.26. The van der Waals surface area contributed by atoms with E-state index in [9.17, 15) is 0 Å². The second-order valence-corrected chi connectivity index (χ2v) is 4.07. The van der Waals surface area contributed by atoms with E-state index in [0.29, 0.717) is 6.04 Å². The predicted octanol–water partition coefficient (Wildman–Crippen LogP) is 0.890. The lowest BCUT2D eigenvalue weighted by atomic mass is 10.1. The molecule has 0 unspecified atom stereocenters. The van der Waals surface area contributed by atoms with E-state index in [0.717, 1.165) is 13.2 Å². The summed E-state index contributed by atoms with van der Waals surface area (Å²) in [6.45, 7) is 5.82. The summed E-state index contributed by atoms with van der Waals surface area (Å²) in [7, 11) is 0. The van der Waals surface area contributed by atoms with Gasteiger partial charge in [-0.05, 0) is 33.2 Å². The molecule has 3 nitrogen and oxygen atoms in total. The summed E-state index contributed by atoms with van der Waals surface area (Å²) in [5.74, 6) is -0.366. The monoisotopic (exact) mass is 171 g/mol. The highest BCUT2D eigenvalue weighted by molar-refractivity contribution is 4.86. The molecule has 0 spiro atoms. The standard InChI is InChI=1S/C9H17NO2/c1-9(2)11-6-8(12-9)7-4-3-5-10-7/h7-8,10H,3-6H2,1-2H3/t7-,8+/m0/s1. The molecule has 0 aromatic rings. The summed E-state index contributed by atoms with van der Waals surface area (Å²) in [5, 5.41) is 3.43. The fourth-order valence-electron chi connectivity index (χ4n) is 1.94. The quantitative estimate of drug-likeness (QED) is 0.635. The van der Waals surface area contributed by atoms with Crippen molar-refractivity contribution in [1.82, 2.24) is 5.32 Å². The van der Waals surface area contributed by atoms with Gasteiger partial charge in [0.15, 0.2) is 5.79 Å². The zero-order valence-corrected chi connectivity index (χ0v) is 7.80. The summed E-state index contributed by atoms with van der Waals surface area (Å²) in [6.07, 6.45) is 2.76. The van der Waals surface area contributed by atoms with Gasteiger partial charge >= 0.3 is 0 Å². The smallest absolute Gasteiger partial charge is 0.163 e. The molecule has 0 aromatic heterocycles. The molecule has 0 aliphatic carbocycles. The van der Waals surface area contributed by atoms with Crippen LogP contribution in [0.2, 0.25) is 0 Å². The lowest BCUT2D eigenvalue weighted by Crippen LogP contribution is -2.37. The zero-order valence-electron chi connectivity index (χ0n) is 7.80. The Morgan fingerprint density at radius 1 is 1.42 bits per heavy atom. The van der Waals surface area contributed by atoms with Crippen molar-refractivity contribution in [3.63, 3.8) is 0 Å². The maximum Gasteiger partial charge on any atom is 0.163 e. The first-order valence-electron chi connectivity index (χ1n) is 4.72. The molecule has 2 atom stereocenters. The first kappa shape index (κ1) is 8.48. The summed E-state index contributed by atoms with van der Waals surface area (Å²) in [5.41, 5.74) is 0. The topological polar surface area (TPSA) is 30.5 Å². The van der Waals surface area contributed by atoms with Gasteiger partial charge in [-0.1, -0.05) is 0 Å². The fraction of sp³-hybridized carbons (Fsp3) is 1.00. The number of hydrogen-bond acceptors (Lipinski definition) is 3. The average molecular weight is 171 g/mol.